The summed E-state index contributed by atoms with van der Waals surface area (Å²) < 4.78 is 26.3. The predicted molar refractivity (Wildman–Crippen MR) is 44.2 cm³/mol. The molecule has 0 amide bonds. The highest BCUT2D eigenvalue weighted by atomic mass is 19.1. The van der Waals surface area contributed by atoms with Crippen LogP contribution in [0.2, 0.25) is 0 Å². The average Bonchev–Trinajstić information content (AvgIpc) is 2.77. The van der Waals surface area contributed by atoms with Crippen LogP contribution < -0.4 is 0 Å². The normalized spacial score (nSPS) is 18.8. The minimum Gasteiger partial charge on any atom is -0.385 e. The van der Waals surface area contributed by atoms with Crippen LogP contribution in [0, 0.1) is 18.6 Å². The first-order chi connectivity index (χ1) is 6.03. The molecule has 0 aromatic heterocycles. The Morgan fingerprint density at radius 3 is 2.38 bits per heavy atom. The molecule has 1 aliphatic carbocycles. The zero-order valence-corrected chi connectivity index (χ0v) is 7.27. The lowest BCUT2D eigenvalue weighted by molar-refractivity contribution is 0.146. The summed E-state index contributed by atoms with van der Waals surface area (Å²) in [5.41, 5.74) is -0.736. The van der Waals surface area contributed by atoms with Gasteiger partial charge in [-0.1, -0.05) is 0 Å². The third kappa shape index (κ3) is 1.33. The van der Waals surface area contributed by atoms with Crippen molar-refractivity contribution in [1.29, 1.82) is 0 Å². The summed E-state index contributed by atoms with van der Waals surface area (Å²) in [6.07, 6.45) is 1.04. The summed E-state index contributed by atoms with van der Waals surface area (Å²) in [7, 11) is 0. The van der Waals surface area contributed by atoms with Crippen molar-refractivity contribution in [2.45, 2.75) is 25.4 Å². The van der Waals surface area contributed by atoms with E-state index in [0.717, 1.165) is 12.1 Å². The van der Waals surface area contributed by atoms with Gasteiger partial charge in [-0.25, -0.2) is 8.78 Å². The van der Waals surface area contributed by atoms with Crippen molar-refractivity contribution in [2.75, 3.05) is 0 Å². The molecule has 0 saturated heterocycles. The van der Waals surface area contributed by atoms with Crippen LogP contribution >= 0.6 is 0 Å². The summed E-state index contributed by atoms with van der Waals surface area (Å²) >= 11 is 0. The molecule has 0 spiro atoms. The monoisotopic (exact) mass is 184 g/mol. The Balaban J connectivity index is 2.52. The molecule has 3 heteroatoms. The van der Waals surface area contributed by atoms with Gasteiger partial charge in [0.05, 0.1) is 5.60 Å². The molecular formula is C10H10F2O. The van der Waals surface area contributed by atoms with E-state index in [9.17, 15) is 13.9 Å². The largest absolute Gasteiger partial charge is 0.385 e. The highest BCUT2D eigenvalue weighted by Crippen LogP contribution is 2.46. The van der Waals surface area contributed by atoms with Gasteiger partial charge < -0.3 is 5.11 Å². The summed E-state index contributed by atoms with van der Waals surface area (Å²) in [4.78, 5) is 0. The summed E-state index contributed by atoms with van der Waals surface area (Å²) in [5.74, 6) is -0.976. The minimum absolute atomic E-state index is 0.0931. The van der Waals surface area contributed by atoms with Crippen molar-refractivity contribution in [1.82, 2.24) is 0 Å². The molecule has 0 bridgehead atoms. The second-order valence-electron chi connectivity index (χ2n) is 3.61. The second kappa shape index (κ2) is 2.51. The predicted octanol–water partition coefficient (Wildman–Crippen LogP) is 2.25. The van der Waals surface area contributed by atoms with Crippen molar-refractivity contribution in [3.63, 3.8) is 0 Å². The van der Waals surface area contributed by atoms with Gasteiger partial charge in [-0.05, 0) is 37.5 Å². The van der Waals surface area contributed by atoms with Crippen molar-refractivity contribution < 1.29 is 13.9 Å². The number of hydrogen-bond acceptors (Lipinski definition) is 1. The van der Waals surface area contributed by atoms with Gasteiger partial charge in [-0.2, -0.15) is 0 Å². The number of benzene rings is 1. The van der Waals surface area contributed by atoms with Crippen LogP contribution in [0.3, 0.4) is 0 Å². The van der Waals surface area contributed by atoms with Crippen molar-refractivity contribution >= 4 is 0 Å². The summed E-state index contributed by atoms with van der Waals surface area (Å²) in [6, 6.07) is 2.22. The lowest BCUT2D eigenvalue weighted by atomic mass is 10.0. The topological polar surface area (TPSA) is 20.2 Å². The summed E-state index contributed by atoms with van der Waals surface area (Å²) in [5, 5.41) is 9.59. The van der Waals surface area contributed by atoms with E-state index in [1.54, 1.807) is 0 Å². The molecule has 1 nitrogen and oxygen atoms in total. The Bertz CT molecular complexity index is 356. The third-order valence-electron chi connectivity index (χ3n) is 2.47. The second-order valence-corrected chi connectivity index (χ2v) is 3.61. The molecule has 1 aromatic rings. The van der Waals surface area contributed by atoms with E-state index in [-0.39, 0.29) is 11.1 Å². The number of aryl methyl sites for hydroxylation is 1. The molecule has 0 aliphatic heterocycles. The van der Waals surface area contributed by atoms with E-state index in [0.29, 0.717) is 12.8 Å². The molecule has 70 valence electrons. The zero-order chi connectivity index (χ0) is 9.64. The van der Waals surface area contributed by atoms with Crippen LogP contribution in [-0.4, -0.2) is 5.11 Å². The number of hydrogen-bond donors (Lipinski definition) is 1. The van der Waals surface area contributed by atoms with Crippen LogP contribution in [-0.2, 0) is 5.60 Å². The van der Waals surface area contributed by atoms with Gasteiger partial charge in [-0.3, -0.25) is 0 Å². The fourth-order valence-electron chi connectivity index (χ4n) is 1.39. The van der Waals surface area contributed by atoms with Crippen LogP contribution in [0.15, 0.2) is 12.1 Å². The van der Waals surface area contributed by atoms with E-state index < -0.39 is 17.2 Å². The van der Waals surface area contributed by atoms with E-state index in [2.05, 4.69) is 0 Å². The highest BCUT2D eigenvalue weighted by molar-refractivity contribution is 5.32. The van der Waals surface area contributed by atoms with Crippen molar-refractivity contribution in [2.24, 2.45) is 0 Å². The number of halogens is 2. The van der Waals surface area contributed by atoms with E-state index in [1.165, 1.54) is 6.92 Å². The zero-order valence-electron chi connectivity index (χ0n) is 7.27. The SMILES string of the molecule is Cc1cc(F)c(C2(O)CC2)cc1F. The molecule has 1 aromatic carbocycles. The molecule has 2 rings (SSSR count). The van der Waals surface area contributed by atoms with Gasteiger partial charge in [0, 0.05) is 5.56 Å². The minimum atomic E-state index is -1.10. The van der Waals surface area contributed by atoms with Gasteiger partial charge >= 0.3 is 0 Å². The first-order valence-corrected chi connectivity index (χ1v) is 4.21. The lowest BCUT2D eigenvalue weighted by Crippen LogP contribution is -2.08. The Hall–Kier alpha value is -0.960. The lowest BCUT2D eigenvalue weighted by Gasteiger charge is -2.10. The molecule has 1 fully saturated rings. The van der Waals surface area contributed by atoms with Crippen molar-refractivity contribution in [3.8, 4) is 0 Å². The standard InChI is InChI=1S/C10H10F2O/c1-6-4-9(12)7(5-8(6)11)10(13)2-3-10/h4-5,13H,2-3H2,1H3. The first-order valence-electron chi connectivity index (χ1n) is 4.21. The molecule has 0 unspecified atom stereocenters. The first kappa shape index (κ1) is 8.63. The van der Waals surface area contributed by atoms with Crippen LogP contribution in [0.25, 0.3) is 0 Å². The molecule has 0 atom stereocenters. The Morgan fingerprint density at radius 1 is 1.23 bits per heavy atom. The maximum absolute atomic E-state index is 13.2. The van der Waals surface area contributed by atoms with Gasteiger partial charge in [0.2, 0.25) is 0 Å². The van der Waals surface area contributed by atoms with E-state index >= 15 is 0 Å². The van der Waals surface area contributed by atoms with Gasteiger partial charge in [0.15, 0.2) is 0 Å². The Morgan fingerprint density at radius 2 is 1.85 bits per heavy atom. The van der Waals surface area contributed by atoms with Crippen LogP contribution in [0.1, 0.15) is 24.0 Å². The maximum Gasteiger partial charge on any atom is 0.129 e. The smallest absolute Gasteiger partial charge is 0.129 e. The van der Waals surface area contributed by atoms with Crippen molar-refractivity contribution in [3.05, 3.63) is 34.9 Å². The molecule has 1 aliphatic rings. The third-order valence-corrected chi connectivity index (χ3v) is 2.47. The van der Waals surface area contributed by atoms with Gasteiger partial charge in [0.25, 0.3) is 0 Å². The van der Waals surface area contributed by atoms with Crippen LogP contribution in [0.4, 0.5) is 8.78 Å². The van der Waals surface area contributed by atoms with Gasteiger partial charge in [-0.15, -0.1) is 0 Å². The highest BCUT2D eigenvalue weighted by Gasteiger charge is 2.44. The maximum atomic E-state index is 13.2. The molecule has 0 radical (unpaired) electrons. The fraction of sp³-hybridized carbons (Fsp3) is 0.400. The molecule has 0 heterocycles. The molecular weight excluding hydrogens is 174 g/mol. The van der Waals surface area contributed by atoms with E-state index in [4.69, 9.17) is 0 Å². The summed E-state index contributed by atoms with van der Waals surface area (Å²) in [6.45, 7) is 1.50. The average molecular weight is 184 g/mol. The molecule has 1 saturated carbocycles. The Kier molecular flexibility index (Phi) is 1.67. The van der Waals surface area contributed by atoms with Gasteiger partial charge in [0.1, 0.15) is 11.6 Å². The molecule has 1 N–H and O–H groups in total. The quantitative estimate of drug-likeness (QED) is 0.709. The molecule has 13 heavy (non-hydrogen) atoms. The van der Waals surface area contributed by atoms with E-state index in [1.807, 2.05) is 0 Å². The fourth-order valence-corrected chi connectivity index (χ4v) is 1.39. The number of rotatable bonds is 1. The number of aliphatic hydroxyl groups is 1. The Labute approximate surface area is 75.0 Å². The van der Waals surface area contributed by atoms with Crippen LogP contribution in [0.5, 0.6) is 0 Å².